The van der Waals surface area contributed by atoms with E-state index >= 15 is 0 Å². The highest BCUT2D eigenvalue weighted by Gasteiger charge is 2.18. The summed E-state index contributed by atoms with van der Waals surface area (Å²) >= 11 is 0. The summed E-state index contributed by atoms with van der Waals surface area (Å²) in [6, 6.07) is 10.4. The Labute approximate surface area is 105 Å². The molecule has 0 aliphatic heterocycles. The molecular weight excluding hydrogens is 230 g/mol. The molecule has 5 heteroatoms. The van der Waals surface area contributed by atoms with Crippen LogP contribution in [-0.4, -0.2) is 27.1 Å². The third-order valence-corrected chi connectivity index (χ3v) is 2.45. The van der Waals surface area contributed by atoms with E-state index in [2.05, 4.69) is 15.3 Å². The second-order valence-corrected chi connectivity index (χ2v) is 3.80. The molecule has 1 heterocycles. The lowest BCUT2D eigenvalue weighted by atomic mass is 10.1. The van der Waals surface area contributed by atoms with Crippen molar-refractivity contribution >= 4 is 11.9 Å². The van der Waals surface area contributed by atoms with Crippen LogP contribution in [-0.2, 0) is 11.2 Å². The van der Waals surface area contributed by atoms with Gasteiger partial charge in [0.1, 0.15) is 6.04 Å². The molecule has 2 aromatic rings. The number of aromatic nitrogens is 2. The van der Waals surface area contributed by atoms with Crippen LogP contribution in [0.3, 0.4) is 0 Å². The number of nitrogens with one attached hydrogen (secondary N) is 1. The fourth-order valence-corrected chi connectivity index (χ4v) is 1.58. The molecule has 2 rings (SSSR count). The van der Waals surface area contributed by atoms with Crippen LogP contribution in [0.5, 0.6) is 0 Å². The molecule has 5 nitrogen and oxygen atoms in total. The Hall–Kier alpha value is -2.43. The van der Waals surface area contributed by atoms with Crippen LogP contribution in [0.15, 0.2) is 48.8 Å². The molecule has 1 atom stereocenters. The molecule has 0 saturated carbocycles. The van der Waals surface area contributed by atoms with Crippen molar-refractivity contribution in [2.24, 2.45) is 0 Å². The minimum Gasteiger partial charge on any atom is -0.480 e. The van der Waals surface area contributed by atoms with Crippen molar-refractivity contribution in [3.05, 3.63) is 54.4 Å². The van der Waals surface area contributed by atoms with Crippen LogP contribution in [0.25, 0.3) is 0 Å². The summed E-state index contributed by atoms with van der Waals surface area (Å²) in [5.74, 6) is -0.605. The molecule has 0 radical (unpaired) electrons. The van der Waals surface area contributed by atoms with E-state index in [1.165, 1.54) is 0 Å². The zero-order valence-corrected chi connectivity index (χ0v) is 9.65. The first-order valence-electron chi connectivity index (χ1n) is 5.56. The number of aliphatic carboxylic acids is 1. The van der Waals surface area contributed by atoms with Gasteiger partial charge >= 0.3 is 5.97 Å². The van der Waals surface area contributed by atoms with Gasteiger partial charge < -0.3 is 10.4 Å². The number of carbonyl (C=O) groups is 1. The van der Waals surface area contributed by atoms with E-state index in [-0.39, 0.29) is 0 Å². The lowest BCUT2D eigenvalue weighted by Crippen LogP contribution is -2.32. The molecule has 0 aliphatic rings. The lowest BCUT2D eigenvalue weighted by molar-refractivity contribution is -0.137. The van der Waals surface area contributed by atoms with Gasteiger partial charge in [-0.25, -0.2) is 14.8 Å². The number of carboxylic acid groups (broad SMARTS) is 1. The zero-order chi connectivity index (χ0) is 12.8. The Morgan fingerprint density at radius 3 is 2.44 bits per heavy atom. The van der Waals surface area contributed by atoms with E-state index in [1.54, 1.807) is 18.5 Å². The van der Waals surface area contributed by atoms with Gasteiger partial charge in [-0.1, -0.05) is 30.3 Å². The Morgan fingerprint density at radius 2 is 1.83 bits per heavy atom. The van der Waals surface area contributed by atoms with Gasteiger partial charge in [0, 0.05) is 18.8 Å². The molecule has 0 aliphatic carbocycles. The number of benzene rings is 1. The van der Waals surface area contributed by atoms with Crippen LogP contribution in [0, 0.1) is 0 Å². The quantitative estimate of drug-likeness (QED) is 0.834. The maximum absolute atomic E-state index is 11.2. The van der Waals surface area contributed by atoms with Crippen LogP contribution < -0.4 is 5.32 Å². The molecule has 2 N–H and O–H groups in total. The highest BCUT2D eigenvalue weighted by atomic mass is 16.4. The van der Waals surface area contributed by atoms with E-state index in [4.69, 9.17) is 0 Å². The van der Waals surface area contributed by atoms with E-state index in [1.807, 2.05) is 30.3 Å². The van der Waals surface area contributed by atoms with Crippen molar-refractivity contribution in [1.82, 2.24) is 9.97 Å². The Kier molecular flexibility index (Phi) is 3.86. The molecule has 0 spiro atoms. The van der Waals surface area contributed by atoms with E-state index in [9.17, 15) is 9.90 Å². The van der Waals surface area contributed by atoms with Crippen molar-refractivity contribution < 1.29 is 9.90 Å². The minimum absolute atomic E-state index is 0.320. The van der Waals surface area contributed by atoms with Gasteiger partial charge in [-0.3, -0.25) is 0 Å². The van der Waals surface area contributed by atoms with Gasteiger partial charge in [0.2, 0.25) is 5.95 Å². The first-order valence-corrected chi connectivity index (χ1v) is 5.56. The summed E-state index contributed by atoms with van der Waals surface area (Å²) in [6.45, 7) is 0. The summed E-state index contributed by atoms with van der Waals surface area (Å²) in [4.78, 5) is 19.1. The standard InChI is InChI=1S/C13H13N3O2/c17-12(18)11(9-10-5-2-1-3-6-10)16-13-14-7-4-8-15-13/h1-8,11H,9H2,(H,17,18)(H,14,15,16)/t11-/m1/s1. The number of hydrogen-bond acceptors (Lipinski definition) is 4. The maximum atomic E-state index is 11.2. The number of nitrogens with zero attached hydrogens (tertiary/aromatic N) is 2. The highest BCUT2D eigenvalue weighted by molar-refractivity contribution is 5.76. The SMILES string of the molecule is O=C(O)[C@@H](Cc1ccccc1)Nc1ncccn1. The van der Waals surface area contributed by atoms with Crippen molar-refractivity contribution in [2.45, 2.75) is 12.5 Å². The summed E-state index contributed by atoms with van der Waals surface area (Å²) in [6.07, 6.45) is 3.52. The zero-order valence-electron chi connectivity index (χ0n) is 9.65. The average Bonchev–Trinajstić information content (AvgIpc) is 2.40. The van der Waals surface area contributed by atoms with Gasteiger partial charge in [0.15, 0.2) is 0 Å². The molecule has 0 bridgehead atoms. The van der Waals surface area contributed by atoms with Crippen LogP contribution in [0.4, 0.5) is 5.95 Å². The van der Waals surface area contributed by atoms with Gasteiger partial charge in [-0.05, 0) is 11.6 Å². The van der Waals surface area contributed by atoms with E-state index < -0.39 is 12.0 Å². The fourth-order valence-electron chi connectivity index (χ4n) is 1.58. The number of anilines is 1. The highest BCUT2D eigenvalue weighted by Crippen LogP contribution is 2.07. The summed E-state index contributed by atoms with van der Waals surface area (Å²) in [7, 11) is 0. The second-order valence-electron chi connectivity index (χ2n) is 3.80. The van der Waals surface area contributed by atoms with Gasteiger partial charge in [-0.15, -0.1) is 0 Å². The van der Waals surface area contributed by atoms with Crippen LogP contribution in [0.2, 0.25) is 0 Å². The third-order valence-electron chi connectivity index (χ3n) is 2.45. The smallest absolute Gasteiger partial charge is 0.326 e. The number of rotatable bonds is 5. The molecule has 0 unspecified atom stereocenters. The summed E-state index contributed by atoms with van der Waals surface area (Å²) < 4.78 is 0. The van der Waals surface area contributed by atoms with Gasteiger partial charge in [0.25, 0.3) is 0 Å². The molecule has 0 amide bonds. The number of carboxylic acids is 1. The average molecular weight is 243 g/mol. The third kappa shape index (κ3) is 3.28. The first kappa shape index (κ1) is 12.0. The predicted octanol–water partition coefficient (Wildman–Crippen LogP) is 1.58. The number of hydrogen-bond donors (Lipinski definition) is 2. The lowest BCUT2D eigenvalue weighted by Gasteiger charge is -2.14. The van der Waals surface area contributed by atoms with E-state index in [0.717, 1.165) is 5.56 Å². The molecule has 92 valence electrons. The fraction of sp³-hybridized carbons (Fsp3) is 0.154. The Bertz CT molecular complexity index is 461. The minimum atomic E-state index is -0.925. The van der Waals surface area contributed by atoms with Crippen LogP contribution in [0.1, 0.15) is 5.56 Å². The molecule has 0 fully saturated rings. The van der Waals surface area contributed by atoms with Gasteiger partial charge in [0.05, 0.1) is 0 Å². The predicted molar refractivity (Wildman–Crippen MR) is 67.2 cm³/mol. The molecular formula is C13H13N3O2. The largest absolute Gasteiger partial charge is 0.480 e. The maximum Gasteiger partial charge on any atom is 0.326 e. The topological polar surface area (TPSA) is 75.1 Å². The molecule has 1 aromatic carbocycles. The molecule has 0 saturated heterocycles. The first-order chi connectivity index (χ1) is 8.75. The van der Waals surface area contributed by atoms with Crippen molar-refractivity contribution in [3.8, 4) is 0 Å². The normalized spacial score (nSPS) is 11.8. The van der Waals surface area contributed by atoms with Crippen molar-refractivity contribution in [3.63, 3.8) is 0 Å². The Balaban J connectivity index is 2.08. The Morgan fingerprint density at radius 1 is 1.17 bits per heavy atom. The second kappa shape index (κ2) is 5.77. The van der Waals surface area contributed by atoms with Gasteiger partial charge in [-0.2, -0.15) is 0 Å². The van der Waals surface area contributed by atoms with Crippen molar-refractivity contribution in [2.75, 3.05) is 5.32 Å². The molecule has 18 heavy (non-hydrogen) atoms. The molecule has 1 aromatic heterocycles. The monoisotopic (exact) mass is 243 g/mol. The van der Waals surface area contributed by atoms with Crippen LogP contribution >= 0.6 is 0 Å². The van der Waals surface area contributed by atoms with Crippen molar-refractivity contribution in [1.29, 1.82) is 0 Å². The summed E-state index contributed by atoms with van der Waals surface area (Å²) in [5, 5.41) is 12.0. The van der Waals surface area contributed by atoms with E-state index in [0.29, 0.717) is 12.4 Å². The summed E-state index contributed by atoms with van der Waals surface area (Å²) in [5.41, 5.74) is 0.952.